The lowest BCUT2D eigenvalue weighted by Gasteiger charge is -2.42. The Hall–Kier alpha value is -0.860. The molecular formula is C19H28N2. The lowest BCUT2D eigenvalue weighted by atomic mass is 9.89. The highest BCUT2D eigenvalue weighted by atomic mass is 15.2. The molecule has 3 unspecified atom stereocenters. The van der Waals surface area contributed by atoms with E-state index < -0.39 is 0 Å². The molecule has 21 heavy (non-hydrogen) atoms. The smallest absolute Gasteiger partial charge is 0.0473 e. The Morgan fingerprint density at radius 1 is 1.10 bits per heavy atom. The highest BCUT2D eigenvalue weighted by Gasteiger charge is 2.38. The number of benzene rings is 1. The predicted octanol–water partition coefficient (Wildman–Crippen LogP) is 3.83. The summed E-state index contributed by atoms with van der Waals surface area (Å²) in [5.74, 6) is 1.78. The van der Waals surface area contributed by atoms with E-state index in [0.717, 1.165) is 24.4 Å². The van der Waals surface area contributed by atoms with Crippen molar-refractivity contribution in [2.24, 2.45) is 11.7 Å². The molecule has 3 atom stereocenters. The second-order valence-corrected chi connectivity index (χ2v) is 7.33. The van der Waals surface area contributed by atoms with Crippen LogP contribution in [0.25, 0.3) is 0 Å². The van der Waals surface area contributed by atoms with E-state index in [9.17, 15) is 0 Å². The molecule has 3 fully saturated rings. The van der Waals surface area contributed by atoms with Crippen LogP contribution >= 0.6 is 0 Å². The molecule has 114 valence electrons. The van der Waals surface area contributed by atoms with Crippen LogP contribution in [0.4, 0.5) is 0 Å². The molecule has 0 amide bonds. The number of hydrogen-bond acceptors (Lipinski definition) is 2. The van der Waals surface area contributed by atoms with Gasteiger partial charge in [0.2, 0.25) is 0 Å². The Morgan fingerprint density at radius 2 is 1.95 bits per heavy atom. The van der Waals surface area contributed by atoms with Gasteiger partial charge in [0, 0.05) is 18.6 Å². The third-order valence-corrected chi connectivity index (χ3v) is 6.00. The second-order valence-electron chi connectivity index (χ2n) is 7.33. The minimum absolute atomic E-state index is 0.439. The van der Waals surface area contributed by atoms with Gasteiger partial charge in [-0.3, -0.25) is 4.90 Å². The third-order valence-electron chi connectivity index (χ3n) is 6.00. The SMILES string of the molecule is NCC(c1cccc(C2CC2)c1)N1CCCC2CCCC21. The largest absolute Gasteiger partial charge is 0.329 e. The molecule has 1 saturated heterocycles. The Balaban J connectivity index is 1.59. The molecule has 1 aromatic rings. The van der Waals surface area contributed by atoms with Crippen molar-refractivity contribution in [3.8, 4) is 0 Å². The monoisotopic (exact) mass is 284 g/mol. The van der Waals surface area contributed by atoms with E-state index in [1.165, 1.54) is 57.1 Å². The molecule has 0 aromatic heterocycles. The predicted molar refractivity (Wildman–Crippen MR) is 87.3 cm³/mol. The summed E-state index contributed by atoms with van der Waals surface area (Å²) in [7, 11) is 0. The van der Waals surface area contributed by atoms with Gasteiger partial charge in [-0.15, -0.1) is 0 Å². The maximum Gasteiger partial charge on any atom is 0.0473 e. The molecule has 1 aromatic carbocycles. The van der Waals surface area contributed by atoms with Gasteiger partial charge in [0.05, 0.1) is 0 Å². The lowest BCUT2D eigenvalue weighted by Crippen LogP contribution is -2.46. The number of hydrogen-bond donors (Lipinski definition) is 1. The summed E-state index contributed by atoms with van der Waals surface area (Å²) in [6.07, 6.45) is 9.83. The highest BCUT2D eigenvalue weighted by Crippen LogP contribution is 2.43. The molecule has 0 bridgehead atoms. The van der Waals surface area contributed by atoms with Gasteiger partial charge in [0.15, 0.2) is 0 Å². The van der Waals surface area contributed by atoms with Gasteiger partial charge in [0.1, 0.15) is 0 Å². The highest BCUT2D eigenvalue weighted by molar-refractivity contribution is 5.31. The summed E-state index contributed by atoms with van der Waals surface area (Å²) in [6, 6.07) is 10.6. The number of likely N-dealkylation sites (tertiary alicyclic amines) is 1. The summed E-state index contributed by atoms with van der Waals surface area (Å²) < 4.78 is 0. The second kappa shape index (κ2) is 5.73. The van der Waals surface area contributed by atoms with Crippen molar-refractivity contribution < 1.29 is 0 Å². The van der Waals surface area contributed by atoms with Crippen LogP contribution in [0.3, 0.4) is 0 Å². The van der Waals surface area contributed by atoms with Crippen molar-refractivity contribution >= 4 is 0 Å². The van der Waals surface area contributed by atoms with E-state index in [2.05, 4.69) is 29.2 Å². The molecule has 2 N–H and O–H groups in total. The van der Waals surface area contributed by atoms with Crippen LogP contribution in [-0.4, -0.2) is 24.0 Å². The van der Waals surface area contributed by atoms with Crippen molar-refractivity contribution in [3.63, 3.8) is 0 Å². The fraction of sp³-hybridized carbons (Fsp3) is 0.684. The van der Waals surface area contributed by atoms with Crippen LogP contribution in [0.15, 0.2) is 24.3 Å². The zero-order valence-electron chi connectivity index (χ0n) is 13.0. The van der Waals surface area contributed by atoms with Gasteiger partial charge >= 0.3 is 0 Å². The van der Waals surface area contributed by atoms with Crippen molar-refractivity contribution in [1.82, 2.24) is 4.90 Å². The quantitative estimate of drug-likeness (QED) is 0.910. The molecular weight excluding hydrogens is 256 g/mol. The van der Waals surface area contributed by atoms with Crippen LogP contribution < -0.4 is 5.73 Å². The summed E-state index contributed by atoms with van der Waals surface area (Å²) >= 11 is 0. The Kier molecular flexibility index (Phi) is 3.76. The molecule has 0 radical (unpaired) electrons. The number of piperidine rings is 1. The number of nitrogens with two attached hydrogens (primary N) is 1. The lowest BCUT2D eigenvalue weighted by molar-refractivity contribution is 0.0701. The summed E-state index contributed by atoms with van der Waals surface area (Å²) in [5.41, 5.74) is 9.23. The average molecular weight is 284 g/mol. The average Bonchev–Trinajstić information content (AvgIpc) is 3.26. The summed E-state index contributed by atoms with van der Waals surface area (Å²) in [5, 5.41) is 0. The molecule has 0 spiro atoms. The molecule has 2 heteroatoms. The van der Waals surface area contributed by atoms with E-state index in [-0.39, 0.29) is 0 Å². The van der Waals surface area contributed by atoms with Gasteiger partial charge in [-0.05, 0) is 68.0 Å². The first-order valence-corrected chi connectivity index (χ1v) is 8.92. The Labute approximate surface area is 128 Å². The van der Waals surface area contributed by atoms with E-state index in [4.69, 9.17) is 5.73 Å². The van der Waals surface area contributed by atoms with Gasteiger partial charge in [-0.1, -0.05) is 30.7 Å². The Bertz CT molecular complexity index is 494. The topological polar surface area (TPSA) is 29.3 Å². The maximum atomic E-state index is 6.22. The number of fused-ring (bicyclic) bond motifs is 1. The Morgan fingerprint density at radius 3 is 2.76 bits per heavy atom. The van der Waals surface area contributed by atoms with Crippen LogP contribution in [0, 0.1) is 5.92 Å². The number of nitrogens with zero attached hydrogens (tertiary/aromatic N) is 1. The van der Waals surface area contributed by atoms with Crippen LogP contribution in [0.5, 0.6) is 0 Å². The van der Waals surface area contributed by atoms with Gasteiger partial charge < -0.3 is 5.73 Å². The normalized spacial score (nSPS) is 31.1. The van der Waals surface area contributed by atoms with Gasteiger partial charge in [0.25, 0.3) is 0 Å². The van der Waals surface area contributed by atoms with E-state index in [0.29, 0.717) is 6.04 Å². The molecule has 4 rings (SSSR count). The minimum atomic E-state index is 0.439. The van der Waals surface area contributed by atoms with Crippen LogP contribution in [0.2, 0.25) is 0 Å². The van der Waals surface area contributed by atoms with E-state index in [1.807, 2.05) is 0 Å². The van der Waals surface area contributed by atoms with Crippen molar-refractivity contribution in [2.45, 2.75) is 62.9 Å². The molecule has 1 aliphatic heterocycles. The molecule has 2 nitrogen and oxygen atoms in total. The van der Waals surface area contributed by atoms with Crippen LogP contribution in [0.1, 0.15) is 68.0 Å². The zero-order valence-corrected chi connectivity index (χ0v) is 13.0. The number of rotatable bonds is 4. The molecule has 2 saturated carbocycles. The van der Waals surface area contributed by atoms with E-state index >= 15 is 0 Å². The standard InChI is InChI=1S/C19H28N2/c20-13-19(17-6-1-5-16(12-17)14-9-10-14)21-11-3-7-15-4-2-8-18(15)21/h1,5-6,12,14-15,18-19H,2-4,7-11,13,20H2. The van der Waals surface area contributed by atoms with Crippen molar-refractivity contribution in [2.75, 3.05) is 13.1 Å². The van der Waals surface area contributed by atoms with Gasteiger partial charge in [-0.2, -0.15) is 0 Å². The maximum absolute atomic E-state index is 6.22. The molecule has 2 aliphatic carbocycles. The summed E-state index contributed by atoms with van der Waals surface area (Å²) in [6.45, 7) is 2.01. The van der Waals surface area contributed by atoms with Crippen molar-refractivity contribution in [1.29, 1.82) is 0 Å². The first-order chi connectivity index (χ1) is 10.4. The van der Waals surface area contributed by atoms with Crippen molar-refractivity contribution in [3.05, 3.63) is 35.4 Å². The molecule has 1 heterocycles. The zero-order chi connectivity index (χ0) is 14.2. The minimum Gasteiger partial charge on any atom is -0.329 e. The fourth-order valence-corrected chi connectivity index (χ4v) is 4.78. The van der Waals surface area contributed by atoms with Gasteiger partial charge in [-0.25, -0.2) is 0 Å². The molecule has 3 aliphatic rings. The first kappa shape index (κ1) is 13.8. The van der Waals surface area contributed by atoms with Crippen LogP contribution in [-0.2, 0) is 0 Å². The summed E-state index contributed by atoms with van der Waals surface area (Å²) in [4.78, 5) is 2.76. The third kappa shape index (κ3) is 2.64. The van der Waals surface area contributed by atoms with E-state index in [1.54, 1.807) is 5.56 Å². The first-order valence-electron chi connectivity index (χ1n) is 8.92. The fourth-order valence-electron chi connectivity index (χ4n) is 4.78.